The molecule has 0 aromatic carbocycles. The highest BCUT2D eigenvalue weighted by Gasteiger charge is 2.06. The van der Waals surface area contributed by atoms with E-state index in [0.29, 0.717) is 0 Å². The Balaban J connectivity index is 2.64. The number of carboxylic acids is 1. The van der Waals surface area contributed by atoms with Crippen LogP contribution in [-0.2, 0) is 4.79 Å². The molecule has 1 N–H and O–H groups in total. The lowest BCUT2D eigenvalue weighted by Crippen LogP contribution is -2.24. The third-order valence-corrected chi connectivity index (χ3v) is 3.11. The first-order valence-corrected chi connectivity index (χ1v) is 4.94. The van der Waals surface area contributed by atoms with Crippen LogP contribution in [-0.4, -0.2) is 24.7 Å². The van der Waals surface area contributed by atoms with Gasteiger partial charge in [-0.15, -0.1) is 11.3 Å². The van der Waals surface area contributed by atoms with Gasteiger partial charge >= 0.3 is 5.97 Å². The van der Waals surface area contributed by atoms with Crippen LogP contribution in [0, 0.1) is 0 Å². The van der Waals surface area contributed by atoms with E-state index in [-0.39, 0.29) is 6.54 Å². The molecule has 1 aromatic heterocycles. The maximum absolute atomic E-state index is 10.3. The van der Waals surface area contributed by atoms with Crippen molar-refractivity contribution in [3.63, 3.8) is 0 Å². The van der Waals surface area contributed by atoms with Gasteiger partial charge in [0.25, 0.3) is 0 Å². The maximum atomic E-state index is 10.3. The molecule has 0 bridgehead atoms. The van der Waals surface area contributed by atoms with E-state index in [9.17, 15) is 4.79 Å². The lowest BCUT2D eigenvalue weighted by atomic mass is 10.5. The molecule has 0 saturated carbocycles. The van der Waals surface area contributed by atoms with Gasteiger partial charge in [0.1, 0.15) is 6.54 Å². The Morgan fingerprint density at radius 1 is 1.83 bits per heavy atom. The summed E-state index contributed by atoms with van der Waals surface area (Å²) in [6.07, 6.45) is 0. The van der Waals surface area contributed by atoms with Crippen molar-refractivity contribution in [3.05, 3.63) is 15.9 Å². The van der Waals surface area contributed by atoms with Gasteiger partial charge in [0.15, 0.2) is 0 Å². The first-order chi connectivity index (χ1) is 5.59. The van der Waals surface area contributed by atoms with Crippen LogP contribution in [0.5, 0.6) is 0 Å². The summed E-state index contributed by atoms with van der Waals surface area (Å²) in [5.41, 5.74) is 0. The zero-order valence-corrected chi connectivity index (χ0v) is 8.85. The van der Waals surface area contributed by atoms with E-state index < -0.39 is 5.97 Å². The molecule has 5 heteroatoms. The van der Waals surface area contributed by atoms with Crippen molar-refractivity contribution in [1.82, 2.24) is 0 Å². The smallest absolute Gasteiger partial charge is 0.323 e. The number of rotatable bonds is 3. The minimum atomic E-state index is -0.818. The van der Waals surface area contributed by atoms with Gasteiger partial charge in [-0.05, 0) is 22.0 Å². The molecular formula is C7H8BrNO2S. The monoisotopic (exact) mass is 249 g/mol. The predicted octanol–water partition coefficient (Wildman–Crippen LogP) is 2.03. The molecule has 12 heavy (non-hydrogen) atoms. The normalized spacial score (nSPS) is 9.83. The van der Waals surface area contributed by atoms with E-state index in [2.05, 4.69) is 15.9 Å². The zero-order chi connectivity index (χ0) is 9.14. The molecule has 0 fully saturated rings. The highest BCUT2D eigenvalue weighted by Crippen LogP contribution is 2.26. The molecule has 66 valence electrons. The minimum Gasteiger partial charge on any atom is -0.480 e. The van der Waals surface area contributed by atoms with Crippen LogP contribution >= 0.6 is 27.3 Å². The van der Waals surface area contributed by atoms with Gasteiger partial charge in [-0.2, -0.15) is 0 Å². The van der Waals surface area contributed by atoms with Crippen molar-refractivity contribution < 1.29 is 9.90 Å². The average Bonchev–Trinajstić information content (AvgIpc) is 2.34. The molecule has 0 aliphatic heterocycles. The Morgan fingerprint density at radius 3 is 2.92 bits per heavy atom. The molecular weight excluding hydrogens is 242 g/mol. The molecule has 1 rings (SSSR count). The average molecular weight is 250 g/mol. The van der Waals surface area contributed by atoms with E-state index in [1.165, 1.54) is 11.3 Å². The van der Waals surface area contributed by atoms with E-state index in [1.54, 1.807) is 11.9 Å². The second-order valence-corrected chi connectivity index (χ2v) is 4.16. The number of nitrogens with zero attached hydrogens (tertiary/aromatic N) is 1. The molecule has 3 nitrogen and oxygen atoms in total. The fraction of sp³-hybridized carbons (Fsp3) is 0.286. The summed E-state index contributed by atoms with van der Waals surface area (Å²) >= 11 is 4.82. The summed E-state index contributed by atoms with van der Waals surface area (Å²) in [6, 6.07) is 1.90. The Bertz CT molecular complexity index is 287. The second-order valence-electron chi connectivity index (χ2n) is 2.35. The number of carbonyl (C=O) groups is 1. The van der Waals surface area contributed by atoms with E-state index in [4.69, 9.17) is 5.11 Å². The van der Waals surface area contributed by atoms with Crippen molar-refractivity contribution in [2.24, 2.45) is 0 Å². The maximum Gasteiger partial charge on any atom is 0.323 e. The first-order valence-electron chi connectivity index (χ1n) is 3.26. The van der Waals surface area contributed by atoms with Crippen molar-refractivity contribution in [2.45, 2.75) is 0 Å². The van der Waals surface area contributed by atoms with Gasteiger partial charge in [0.05, 0.1) is 5.00 Å². The highest BCUT2D eigenvalue weighted by atomic mass is 79.9. The predicted molar refractivity (Wildman–Crippen MR) is 52.9 cm³/mol. The standard InChI is InChI=1S/C7H8BrNO2S/c1-9(3-7(10)11)6-2-5(8)4-12-6/h2,4H,3H2,1H3,(H,10,11). The number of hydrogen-bond acceptors (Lipinski definition) is 3. The number of hydrogen-bond donors (Lipinski definition) is 1. The largest absolute Gasteiger partial charge is 0.480 e. The van der Waals surface area contributed by atoms with Crippen LogP contribution in [0.1, 0.15) is 0 Å². The molecule has 1 aromatic rings. The van der Waals surface area contributed by atoms with Crippen molar-refractivity contribution in [1.29, 1.82) is 0 Å². The van der Waals surface area contributed by atoms with Crippen molar-refractivity contribution in [3.8, 4) is 0 Å². The van der Waals surface area contributed by atoms with Crippen molar-refractivity contribution >= 4 is 38.2 Å². The zero-order valence-electron chi connectivity index (χ0n) is 6.45. The molecule has 0 aliphatic carbocycles. The van der Waals surface area contributed by atoms with Crippen molar-refractivity contribution in [2.75, 3.05) is 18.5 Å². The lowest BCUT2D eigenvalue weighted by Gasteiger charge is -2.12. The number of aliphatic carboxylic acids is 1. The summed E-state index contributed by atoms with van der Waals surface area (Å²) in [5.74, 6) is -0.818. The molecule has 0 unspecified atom stereocenters. The quantitative estimate of drug-likeness (QED) is 0.892. The molecule has 0 saturated heterocycles. The summed E-state index contributed by atoms with van der Waals surface area (Å²) in [6.45, 7) is 0.0347. The number of anilines is 1. The second kappa shape index (κ2) is 3.91. The summed E-state index contributed by atoms with van der Waals surface area (Å²) < 4.78 is 0.986. The Morgan fingerprint density at radius 2 is 2.50 bits per heavy atom. The van der Waals surface area contributed by atoms with Gasteiger partial charge in [0, 0.05) is 16.9 Å². The van der Waals surface area contributed by atoms with Crippen LogP contribution in [0.15, 0.2) is 15.9 Å². The molecule has 1 heterocycles. The Hall–Kier alpha value is -0.550. The molecule has 0 radical (unpaired) electrons. The van der Waals surface area contributed by atoms with Gasteiger partial charge in [-0.25, -0.2) is 0 Å². The minimum absolute atomic E-state index is 0.0347. The number of carboxylic acid groups (broad SMARTS) is 1. The van der Waals surface area contributed by atoms with Gasteiger partial charge in [-0.1, -0.05) is 0 Å². The Labute approximate surface area is 82.7 Å². The fourth-order valence-corrected chi connectivity index (χ4v) is 2.17. The van der Waals surface area contributed by atoms with Crippen LogP contribution in [0.3, 0.4) is 0 Å². The fourth-order valence-electron chi connectivity index (χ4n) is 0.784. The topological polar surface area (TPSA) is 40.5 Å². The van der Waals surface area contributed by atoms with E-state index in [0.717, 1.165) is 9.47 Å². The van der Waals surface area contributed by atoms with Gasteiger partial charge in [0.2, 0.25) is 0 Å². The number of halogens is 1. The summed E-state index contributed by atoms with van der Waals surface area (Å²) in [5, 5.41) is 11.4. The van der Waals surface area contributed by atoms with Crippen LogP contribution in [0.2, 0.25) is 0 Å². The van der Waals surface area contributed by atoms with E-state index >= 15 is 0 Å². The molecule has 0 atom stereocenters. The van der Waals surface area contributed by atoms with Crippen LogP contribution in [0.4, 0.5) is 5.00 Å². The summed E-state index contributed by atoms with van der Waals surface area (Å²) in [7, 11) is 1.76. The third kappa shape index (κ3) is 2.49. The molecule has 0 aliphatic rings. The SMILES string of the molecule is CN(CC(=O)O)c1cc(Br)cs1. The first kappa shape index (κ1) is 9.54. The molecule has 0 amide bonds. The highest BCUT2D eigenvalue weighted by molar-refractivity contribution is 9.10. The lowest BCUT2D eigenvalue weighted by molar-refractivity contribution is -0.135. The third-order valence-electron chi connectivity index (χ3n) is 1.30. The van der Waals surface area contributed by atoms with Gasteiger partial charge < -0.3 is 10.0 Å². The molecule has 0 spiro atoms. The summed E-state index contributed by atoms with van der Waals surface area (Å²) in [4.78, 5) is 12.0. The number of thiophene rings is 1. The van der Waals surface area contributed by atoms with Gasteiger partial charge in [-0.3, -0.25) is 4.79 Å². The van der Waals surface area contributed by atoms with Crippen LogP contribution < -0.4 is 4.90 Å². The Kier molecular flexibility index (Phi) is 3.11. The number of likely N-dealkylation sites (N-methyl/N-ethyl adjacent to an activating group) is 1. The van der Waals surface area contributed by atoms with Crippen LogP contribution in [0.25, 0.3) is 0 Å². The van der Waals surface area contributed by atoms with E-state index in [1.807, 2.05) is 11.4 Å².